The fraction of sp³-hybridized carbons (Fsp3) is 0.636. The second kappa shape index (κ2) is 4.93. The van der Waals surface area contributed by atoms with Gasteiger partial charge in [0, 0.05) is 19.8 Å². The maximum absolute atomic E-state index is 12.5. The summed E-state index contributed by atoms with van der Waals surface area (Å²) in [6, 6.07) is -1.00. The summed E-state index contributed by atoms with van der Waals surface area (Å²) in [4.78, 5) is 11.4. The summed E-state index contributed by atoms with van der Waals surface area (Å²) >= 11 is 0. The van der Waals surface area contributed by atoms with Crippen LogP contribution in [0.2, 0.25) is 0 Å². The Bertz CT molecular complexity index is 581. The molecule has 7 nitrogen and oxygen atoms in total. The van der Waals surface area contributed by atoms with E-state index in [1.807, 2.05) is 0 Å². The highest BCUT2D eigenvalue weighted by Crippen LogP contribution is 2.29. The number of hydrogen-bond donors (Lipinski definition) is 1. The number of sulfonamides is 1. The van der Waals surface area contributed by atoms with Gasteiger partial charge in [-0.15, -0.1) is 0 Å². The van der Waals surface area contributed by atoms with Crippen molar-refractivity contribution in [2.24, 2.45) is 13.0 Å². The summed E-state index contributed by atoms with van der Waals surface area (Å²) in [5.74, 6) is -1.29. The minimum absolute atomic E-state index is 0.0374. The summed E-state index contributed by atoms with van der Waals surface area (Å²) in [5, 5.41) is 13.1. The Morgan fingerprint density at radius 1 is 1.53 bits per heavy atom. The Morgan fingerprint density at radius 3 is 2.74 bits per heavy atom. The van der Waals surface area contributed by atoms with Crippen LogP contribution < -0.4 is 0 Å². The van der Waals surface area contributed by atoms with E-state index >= 15 is 0 Å². The van der Waals surface area contributed by atoms with Gasteiger partial charge in [-0.25, -0.2) is 8.42 Å². The second-order valence-corrected chi connectivity index (χ2v) is 6.76. The normalized spacial score (nSPS) is 25.4. The van der Waals surface area contributed by atoms with Gasteiger partial charge in [0.2, 0.25) is 10.0 Å². The number of aryl methyl sites for hydroxylation is 1. The van der Waals surface area contributed by atoms with E-state index in [1.54, 1.807) is 14.0 Å². The standard InChI is InChI=1S/C11H17N3O4S/c1-8-4-3-5-14(10(8)11(15)16)19(17,18)9-6-12-13(2)7-9/h6-8,10H,3-5H2,1-2H3,(H,15,16). The molecule has 1 aromatic heterocycles. The monoisotopic (exact) mass is 287 g/mol. The molecule has 1 aliphatic heterocycles. The minimum atomic E-state index is -3.80. The molecule has 0 saturated carbocycles. The number of aromatic nitrogens is 2. The van der Waals surface area contributed by atoms with Crippen LogP contribution in [0.3, 0.4) is 0 Å². The third-order valence-corrected chi connectivity index (χ3v) is 5.26. The summed E-state index contributed by atoms with van der Waals surface area (Å²) in [6.45, 7) is 2.00. The molecule has 1 fully saturated rings. The number of rotatable bonds is 3. The molecule has 0 spiro atoms. The first-order chi connectivity index (χ1) is 8.84. The van der Waals surface area contributed by atoms with Crippen molar-refractivity contribution >= 4 is 16.0 Å². The fourth-order valence-corrected chi connectivity index (χ4v) is 4.16. The Hall–Kier alpha value is -1.41. The van der Waals surface area contributed by atoms with E-state index in [1.165, 1.54) is 17.1 Å². The molecule has 2 unspecified atom stereocenters. The molecule has 1 N–H and O–H groups in total. The number of hydrogen-bond acceptors (Lipinski definition) is 4. The number of carboxylic acids is 1. The average molecular weight is 287 g/mol. The summed E-state index contributed by atoms with van der Waals surface area (Å²) in [6.07, 6.45) is 4.02. The van der Waals surface area contributed by atoms with Crippen LogP contribution in [0.4, 0.5) is 0 Å². The summed E-state index contributed by atoms with van der Waals surface area (Å²) in [5.41, 5.74) is 0. The Balaban J connectivity index is 2.40. The average Bonchev–Trinajstić information content (AvgIpc) is 2.75. The Kier molecular flexibility index (Phi) is 3.64. The van der Waals surface area contributed by atoms with Gasteiger partial charge in [-0.1, -0.05) is 6.92 Å². The molecular weight excluding hydrogens is 270 g/mol. The van der Waals surface area contributed by atoms with E-state index in [0.29, 0.717) is 6.42 Å². The Labute approximate surface area is 111 Å². The van der Waals surface area contributed by atoms with Crippen molar-refractivity contribution in [3.63, 3.8) is 0 Å². The third-order valence-electron chi connectivity index (χ3n) is 3.43. The number of aliphatic carboxylic acids is 1. The highest BCUT2D eigenvalue weighted by atomic mass is 32.2. The van der Waals surface area contributed by atoms with E-state index in [9.17, 15) is 18.3 Å². The van der Waals surface area contributed by atoms with Crippen molar-refractivity contribution in [3.8, 4) is 0 Å². The van der Waals surface area contributed by atoms with Gasteiger partial charge in [-0.2, -0.15) is 9.40 Å². The second-order valence-electron chi connectivity index (χ2n) is 4.87. The minimum Gasteiger partial charge on any atom is -0.480 e. The van der Waals surface area contributed by atoms with Gasteiger partial charge >= 0.3 is 5.97 Å². The van der Waals surface area contributed by atoms with Crippen LogP contribution in [0.1, 0.15) is 19.8 Å². The smallest absolute Gasteiger partial charge is 0.322 e. The van der Waals surface area contributed by atoms with Gasteiger partial charge in [-0.3, -0.25) is 9.48 Å². The summed E-state index contributed by atoms with van der Waals surface area (Å²) in [7, 11) is -2.18. The third kappa shape index (κ3) is 2.50. The van der Waals surface area contributed by atoms with Crippen molar-refractivity contribution in [2.45, 2.75) is 30.7 Å². The zero-order valence-electron chi connectivity index (χ0n) is 10.9. The molecule has 1 saturated heterocycles. The molecule has 0 aliphatic carbocycles. The molecule has 1 aromatic rings. The quantitative estimate of drug-likeness (QED) is 0.862. The molecule has 106 valence electrons. The number of nitrogens with zero attached hydrogens (tertiary/aromatic N) is 3. The van der Waals surface area contributed by atoms with Crippen molar-refractivity contribution in [1.82, 2.24) is 14.1 Å². The first-order valence-corrected chi connectivity index (χ1v) is 7.51. The lowest BCUT2D eigenvalue weighted by molar-refractivity contribution is -0.144. The molecule has 0 aromatic carbocycles. The van der Waals surface area contributed by atoms with Gasteiger partial charge in [0.15, 0.2) is 0 Å². The van der Waals surface area contributed by atoms with Crippen LogP contribution >= 0.6 is 0 Å². The Morgan fingerprint density at radius 2 is 2.21 bits per heavy atom. The molecule has 2 rings (SSSR count). The molecule has 8 heteroatoms. The van der Waals surface area contributed by atoms with E-state index in [4.69, 9.17) is 0 Å². The van der Waals surface area contributed by atoms with Crippen LogP contribution in [0.5, 0.6) is 0 Å². The van der Waals surface area contributed by atoms with Gasteiger partial charge < -0.3 is 5.11 Å². The zero-order valence-corrected chi connectivity index (χ0v) is 11.7. The highest BCUT2D eigenvalue weighted by molar-refractivity contribution is 7.89. The topological polar surface area (TPSA) is 92.5 Å². The van der Waals surface area contributed by atoms with Crippen molar-refractivity contribution in [2.75, 3.05) is 6.54 Å². The van der Waals surface area contributed by atoms with Crippen molar-refractivity contribution < 1.29 is 18.3 Å². The van der Waals surface area contributed by atoms with E-state index < -0.39 is 22.0 Å². The number of piperidine rings is 1. The first kappa shape index (κ1) is 14.0. The number of carbonyl (C=O) groups is 1. The maximum atomic E-state index is 12.5. The summed E-state index contributed by atoms with van der Waals surface area (Å²) < 4.78 is 27.4. The molecule has 19 heavy (non-hydrogen) atoms. The van der Waals surface area contributed by atoms with Gasteiger partial charge in [-0.05, 0) is 18.8 Å². The molecule has 2 atom stereocenters. The fourth-order valence-electron chi connectivity index (χ4n) is 2.45. The largest absolute Gasteiger partial charge is 0.480 e. The predicted molar refractivity (Wildman–Crippen MR) is 66.9 cm³/mol. The highest BCUT2D eigenvalue weighted by Gasteiger charge is 2.41. The lowest BCUT2D eigenvalue weighted by Gasteiger charge is -2.35. The zero-order chi connectivity index (χ0) is 14.2. The lowest BCUT2D eigenvalue weighted by Crippen LogP contribution is -2.51. The molecule has 2 heterocycles. The van der Waals surface area contributed by atoms with Gasteiger partial charge in [0.1, 0.15) is 10.9 Å². The molecule has 1 aliphatic rings. The van der Waals surface area contributed by atoms with Gasteiger partial charge in [0.05, 0.1) is 6.20 Å². The molecule has 0 amide bonds. The molecule has 0 radical (unpaired) electrons. The van der Waals surface area contributed by atoms with Crippen LogP contribution in [0.15, 0.2) is 17.3 Å². The van der Waals surface area contributed by atoms with Crippen molar-refractivity contribution in [3.05, 3.63) is 12.4 Å². The van der Waals surface area contributed by atoms with Crippen LogP contribution in [-0.2, 0) is 21.9 Å². The lowest BCUT2D eigenvalue weighted by atomic mass is 9.93. The van der Waals surface area contributed by atoms with Crippen LogP contribution in [-0.4, -0.2) is 46.2 Å². The first-order valence-electron chi connectivity index (χ1n) is 6.07. The predicted octanol–water partition coefficient (Wildman–Crippen LogP) is 0.294. The molecular formula is C11H17N3O4S. The van der Waals surface area contributed by atoms with Crippen LogP contribution in [0, 0.1) is 5.92 Å². The van der Waals surface area contributed by atoms with E-state index in [-0.39, 0.29) is 17.4 Å². The maximum Gasteiger partial charge on any atom is 0.322 e. The van der Waals surface area contributed by atoms with Crippen molar-refractivity contribution in [1.29, 1.82) is 0 Å². The molecule has 0 bridgehead atoms. The van der Waals surface area contributed by atoms with Gasteiger partial charge in [0.25, 0.3) is 0 Å². The van der Waals surface area contributed by atoms with E-state index in [2.05, 4.69) is 5.10 Å². The van der Waals surface area contributed by atoms with E-state index in [0.717, 1.165) is 10.7 Å². The SMILES string of the molecule is CC1CCCN(S(=O)(=O)c2cnn(C)c2)C1C(=O)O. The van der Waals surface area contributed by atoms with Crippen LogP contribution in [0.25, 0.3) is 0 Å². The number of carboxylic acid groups (broad SMARTS) is 1.